The van der Waals surface area contributed by atoms with Crippen LogP contribution in [0.15, 0.2) is 42.5 Å². The fraction of sp³-hybridized carbons (Fsp3) is 0.0714. The summed E-state index contributed by atoms with van der Waals surface area (Å²) in [6.45, 7) is -2.88. The van der Waals surface area contributed by atoms with Crippen LogP contribution in [-0.2, 0) is 0 Å². The number of rotatable bonds is 4. The Labute approximate surface area is 113 Å². The number of nitriles is 1. The summed E-state index contributed by atoms with van der Waals surface area (Å²) >= 11 is 0. The van der Waals surface area contributed by atoms with Crippen LogP contribution < -0.4 is 10.1 Å². The summed E-state index contributed by atoms with van der Waals surface area (Å²) in [6.07, 6.45) is 0. The Balaban J connectivity index is 2.12. The molecule has 3 nitrogen and oxygen atoms in total. The van der Waals surface area contributed by atoms with Crippen molar-refractivity contribution in [2.75, 3.05) is 5.32 Å². The van der Waals surface area contributed by atoms with Crippen LogP contribution in [0.4, 0.5) is 24.5 Å². The second-order valence-corrected chi connectivity index (χ2v) is 3.83. The second-order valence-electron chi connectivity index (χ2n) is 3.83. The SMILES string of the molecule is N#Cc1ccc(Nc2ccc(OC(F)F)cc2)c(F)c1. The molecule has 2 rings (SSSR count). The van der Waals surface area contributed by atoms with Gasteiger partial charge in [0.25, 0.3) is 0 Å². The van der Waals surface area contributed by atoms with Gasteiger partial charge >= 0.3 is 6.61 Å². The van der Waals surface area contributed by atoms with Crippen LogP contribution in [0.25, 0.3) is 0 Å². The van der Waals surface area contributed by atoms with Crippen molar-refractivity contribution in [2.24, 2.45) is 0 Å². The van der Waals surface area contributed by atoms with E-state index >= 15 is 0 Å². The number of nitrogens with one attached hydrogen (secondary N) is 1. The fourth-order valence-corrected chi connectivity index (χ4v) is 1.56. The molecule has 0 unspecified atom stereocenters. The summed E-state index contributed by atoms with van der Waals surface area (Å²) in [5.74, 6) is -0.553. The van der Waals surface area contributed by atoms with Gasteiger partial charge in [0.2, 0.25) is 0 Å². The lowest BCUT2D eigenvalue weighted by Crippen LogP contribution is -2.01. The number of ether oxygens (including phenoxy) is 1. The number of benzene rings is 2. The van der Waals surface area contributed by atoms with Crippen LogP contribution in [0, 0.1) is 17.1 Å². The molecule has 6 heteroatoms. The van der Waals surface area contributed by atoms with Crippen LogP contribution in [0.2, 0.25) is 0 Å². The van der Waals surface area contributed by atoms with Crippen LogP contribution in [0.3, 0.4) is 0 Å². The quantitative estimate of drug-likeness (QED) is 0.917. The lowest BCUT2D eigenvalue weighted by molar-refractivity contribution is -0.0498. The highest BCUT2D eigenvalue weighted by atomic mass is 19.3. The van der Waals surface area contributed by atoms with Gasteiger partial charge in [-0.3, -0.25) is 0 Å². The molecule has 0 aliphatic heterocycles. The average Bonchev–Trinajstić information content (AvgIpc) is 2.42. The van der Waals surface area contributed by atoms with E-state index in [-0.39, 0.29) is 17.0 Å². The third-order valence-electron chi connectivity index (χ3n) is 2.46. The minimum absolute atomic E-state index is 0.0193. The molecular formula is C14H9F3N2O. The first-order chi connectivity index (χ1) is 9.58. The zero-order chi connectivity index (χ0) is 14.5. The normalized spacial score (nSPS) is 10.2. The Morgan fingerprint density at radius 3 is 2.35 bits per heavy atom. The Bertz CT molecular complexity index is 636. The summed E-state index contributed by atoms with van der Waals surface area (Å²) in [7, 11) is 0. The van der Waals surface area contributed by atoms with Crippen molar-refractivity contribution in [2.45, 2.75) is 6.61 Å². The molecule has 0 atom stereocenters. The zero-order valence-electron chi connectivity index (χ0n) is 10.1. The maximum atomic E-state index is 13.6. The first-order valence-electron chi connectivity index (χ1n) is 5.60. The number of alkyl halides is 2. The summed E-state index contributed by atoms with van der Waals surface area (Å²) < 4.78 is 41.8. The van der Waals surface area contributed by atoms with Gasteiger partial charge in [-0.1, -0.05) is 0 Å². The lowest BCUT2D eigenvalue weighted by atomic mass is 10.2. The van der Waals surface area contributed by atoms with Gasteiger partial charge in [0.1, 0.15) is 11.6 Å². The number of halogens is 3. The van der Waals surface area contributed by atoms with Crippen LogP contribution in [0.1, 0.15) is 5.56 Å². The molecule has 0 fully saturated rings. The summed E-state index contributed by atoms with van der Waals surface area (Å²) in [6, 6.07) is 11.5. The maximum absolute atomic E-state index is 13.6. The minimum Gasteiger partial charge on any atom is -0.435 e. The van der Waals surface area contributed by atoms with E-state index in [1.54, 1.807) is 0 Å². The van der Waals surface area contributed by atoms with Crippen LogP contribution >= 0.6 is 0 Å². The molecule has 20 heavy (non-hydrogen) atoms. The molecule has 0 bridgehead atoms. The van der Waals surface area contributed by atoms with Gasteiger partial charge in [0.15, 0.2) is 0 Å². The maximum Gasteiger partial charge on any atom is 0.387 e. The molecule has 0 saturated carbocycles. The Morgan fingerprint density at radius 1 is 1.10 bits per heavy atom. The number of nitrogens with zero attached hydrogens (tertiary/aromatic N) is 1. The van der Waals surface area contributed by atoms with Gasteiger partial charge in [-0.25, -0.2) is 4.39 Å². The highest BCUT2D eigenvalue weighted by Gasteiger charge is 2.06. The van der Waals surface area contributed by atoms with Gasteiger partial charge in [0, 0.05) is 5.69 Å². The summed E-state index contributed by atoms with van der Waals surface area (Å²) in [4.78, 5) is 0. The Hall–Kier alpha value is -2.68. The number of anilines is 2. The van der Waals surface area contributed by atoms with Crippen LogP contribution in [-0.4, -0.2) is 6.61 Å². The molecule has 0 aliphatic rings. The molecule has 0 amide bonds. The van der Waals surface area contributed by atoms with Crippen molar-refractivity contribution in [3.8, 4) is 11.8 Å². The van der Waals surface area contributed by atoms with E-state index in [2.05, 4.69) is 10.1 Å². The van der Waals surface area contributed by atoms with Crippen molar-refractivity contribution >= 4 is 11.4 Å². The van der Waals surface area contributed by atoms with E-state index in [4.69, 9.17) is 5.26 Å². The molecule has 0 aromatic heterocycles. The highest BCUT2D eigenvalue weighted by Crippen LogP contribution is 2.23. The molecule has 0 radical (unpaired) electrons. The first-order valence-corrected chi connectivity index (χ1v) is 5.60. The van der Waals surface area contributed by atoms with Gasteiger partial charge in [0.05, 0.1) is 17.3 Å². The van der Waals surface area contributed by atoms with Gasteiger partial charge in [-0.05, 0) is 42.5 Å². The zero-order valence-corrected chi connectivity index (χ0v) is 10.1. The Morgan fingerprint density at radius 2 is 1.80 bits per heavy atom. The molecule has 0 saturated heterocycles. The van der Waals surface area contributed by atoms with E-state index in [1.807, 2.05) is 6.07 Å². The van der Waals surface area contributed by atoms with Crippen molar-refractivity contribution in [1.29, 1.82) is 5.26 Å². The van der Waals surface area contributed by atoms with E-state index < -0.39 is 12.4 Å². The summed E-state index contributed by atoms with van der Waals surface area (Å²) in [5.41, 5.74) is 0.912. The molecule has 2 aromatic rings. The van der Waals surface area contributed by atoms with E-state index in [0.717, 1.165) is 6.07 Å². The van der Waals surface area contributed by atoms with Crippen molar-refractivity contribution in [3.05, 3.63) is 53.8 Å². The van der Waals surface area contributed by atoms with Crippen molar-refractivity contribution in [3.63, 3.8) is 0 Å². The van der Waals surface area contributed by atoms with Gasteiger partial charge < -0.3 is 10.1 Å². The lowest BCUT2D eigenvalue weighted by Gasteiger charge is -2.09. The largest absolute Gasteiger partial charge is 0.435 e. The minimum atomic E-state index is -2.88. The molecule has 0 spiro atoms. The first kappa shape index (κ1) is 13.7. The van der Waals surface area contributed by atoms with Gasteiger partial charge in [-0.15, -0.1) is 0 Å². The molecule has 2 aromatic carbocycles. The van der Waals surface area contributed by atoms with Gasteiger partial charge in [-0.2, -0.15) is 14.0 Å². The molecular weight excluding hydrogens is 269 g/mol. The molecule has 1 N–H and O–H groups in total. The predicted molar refractivity (Wildman–Crippen MR) is 67.5 cm³/mol. The number of hydrogen-bond donors (Lipinski definition) is 1. The third-order valence-corrected chi connectivity index (χ3v) is 2.46. The molecule has 0 heterocycles. The summed E-state index contributed by atoms with van der Waals surface area (Å²) in [5, 5.41) is 11.4. The predicted octanol–water partition coefficient (Wildman–Crippen LogP) is 4.04. The fourth-order valence-electron chi connectivity index (χ4n) is 1.56. The highest BCUT2D eigenvalue weighted by molar-refractivity contribution is 5.61. The average molecular weight is 278 g/mol. The topological polar surface area (TPSA) is 45.0 Å². The second kappa shape index (κ2) is 5.97. The van der Waals surface area contributed by atoms with E-state index in [9.17, 15) is 13.2 Å². The third kappa shape index (κ3) is 3.42. The van der Waals surface area contributed by atoms with Crippen molar-refractivity contribution < 1.29 is 17.9 Å². The van der Waals surface area contributed by atoms with Crippen molar-refractivity contribution in [1.82, 2.24) is 0 Å². The molecule has 0 aliphatic carbocycles. The smallest absolute Gasteiger partial charge is 0.387 e. The number of hydrogen-bond acceptors (Lipinski definition) is 3. The van der Waals surface area contributed by atoms with E-state index in [0.29, 0.717) is 5.69 Å². The molecule has 102 valence electrons. The van der Waals surface area contributed by atoms with E-state index in [1.165, 1.54) is 36.4 Å². The van der Waals surface area contributed by atoms with Crippen LogP contribution in [0.5, 0.6) is 5.75 Å². The monoisotopic (exact) mass is 278 g/mol. The Kier molecular flexibility index (Phi) is 4.11. The standard InChI is InChI=1S/C14H9F3N2O/c15-12-7-9(8-18)1-6-13(12)19-10-2-4-11(5-3-10)20-14(16)17/h1-7,14,19H.